The lowest BCUT2D eigenvalue weighted by Gasteiger charge is -2.21. The van der Waals surface area contributed by atoms with E-state index in [2.05, 4.69) is 15.9 Å². The zero-order valence-corrected chi connectivity index (χ0v) is 13.6. The third-order valence-electron chi connectivity index (χ3n) is 2.73. The first kappa shape index (κ1) is 20.2. The van der Waals surface area contributed by atoms with E-state index in [1.807, 2.05) is 0 Å². The molecule has 0 radical (unpaired) electrons. The molecule has 0 aliphatic heterocycles. The molecule has 0 fully saturated rings. The van der Waals surface area contributed by atoms with Crippen molar-refractivity contribution in [1.29, 1.82) is 0 Å². The Labute approximate surface area is 135 Å². The van der Waals surface area contributed by atoms with Crippen molar-refractivity contribution in [3.8, 4) is 0 Å². The average molecular weight is 432 g/mol. The van der Waals surface area contributed by atoms with Gasteiger partial charge in [0.1, 0.15) is 16.5 Å². The van der Waals surface area contributed by atoms with Crippen molar-refractivity contribution in [1.82, 2.24) is 4.72 Å². The molecule has 0 aliphatic carbocycles. The van der Waals surface area contributed by atoms with E-state index in [0.29, 0.717) is 12.1 Å². The van der Waals surface area contributed by atoms with E-state index < -0.39 is 55.6 Å². The van der Waals surface area contributed by atoms with E-state index in [9.17, 15) is 39.2 Å². The summed E-state index contributed by atoms with van der Waals surface area (Å²) in [6.45, 7) is 1.01. The third kappa shape index (κ3) is 4.57. The van der Waals surface area contributed by atoms with E-state index in [4.69, 9.17) is 0 Å². The van der Waals surface area contributed by atoms with Crippen molar-refractivity contribution >= 4 is 26.0 Å². The number of hydrogen-bond donors (Lipinski definition) is 1. The van der Waals surface area contributed by atoms with Crippen LogP contribution >= 0.6 is 15.9 Å². The number of sulfonamides is 1. The summed E-state index contributed by atoms with van der Waals surface area (Å²) in [5.41, 5.74) is -1.92. The van der Waals surface area contributed by atoms with E-state index >= 15 is 0 Å². The summed E-state index contributed by atoms with van der Waals surface area (Å²) in [6.07, 6.45) is -10.9. The van der Waals surface area contributed by atoms with E-state index in [-0.39, 0.29) is 0 Å². The highest BCUT2D eigenvalue weighted by Gasteiger charge is 2.43. The van der Waals surface area contributed by atoms with Gasteiger partial charge in [-0.2, -0.15) is 31.1 Å². The minimum atomic E-state index is -5.23. The maximum atomic E-state index is 13.9. The molecule has 0 aromatic heterocycles. The zero-order chi connectivity index (χ0) is 18.2. The fourth-order valence-electron chi connectivity index (χ4n) is 1.63. The quantitative estimate of drug-likeness (QED) is 0.725. The van der Waals surface area contributed by atoms with Crippen LogP contribution in [0.4, 0.5) is 30.7 Å². The summed E-state index contributed by atoms with van der Waals surface area (Å²) in [5, 5.41) is 0. The van der Waals surface area contributed by atoms with Crippen LogP contribution in [0, 0.1) is 5.82 Å². The Hall–Kier alpha value is -0.880. The van der Waals surface area contributed by atoms with Crippen LogP contribution in [-0.4, -0.2) is 20.6 Å². The first-order valence-corrected chi connectivity index (χ1v) is 8.13. The molecule has 1 N–H and O–H groups in total. The molecule has 0 heterocycles. The normalized spacial score (nSPS) is 14.8. The lowest BCUT2D eigenvalue weighted by molar-refractivity contribution is -0.151. The van der Waals surface area contributed by atoms with Gasteiger partial charge >= 0.3 is 12.4 Å². The molecule has 0 aliphatic rings. The van der Waals surface area contributed by atoms with Gasteiger partial charge in [0.15, 0.2) is 5.82 Å². The molecule has 1 aromatic rings. The Balaban J connectivity index is 3.41. The van der Waals surface area contributed by atoms with Crippen LogP contribution in [0.5, 0.6) is 0 Å². The lowest BCUT2D eigenvalue weighted by atomic mass is 10.2. The van der Waals surface area contributed by atoms with Crippen LogP contribution in [0.25, 0.3) is 0 Å². The molecule has 0 bridgehead atoms. The summed E-state index contributed by atoms with van der Waals surface area (Å²) in [4.78, 5) is -1.52. The van der Waals surface area contributed by atoms with Crippen molar-refractivity contribution in [2.45, 2.75) is 36.6 Å². The highest BCUT2D eigenvalue weighted by molar-refractivity contribution is 9.10. The van der Waals surface area contributed by atoms with Crippen molar-refractivity contribution in [2.75, 3.05) is 0 Å². The van der Waals surface area contributed by atoms with E-state index in [0.717, 1.165) is 11.6 Å². The molecule has 1 aromatic carbocycles. The van der Waals surface area contributed by atoms with Gasteiger partial charge in [-0.15, -0.1) is 0 Å². The monoisotopic (exact) mass is 431 g/mol. The van der Waals surface area contributed by atoms with Gasteiger partial charge in [0.25, 0.3) is 0 Å². The van der Waals surface area contributed by atoms with Crippen molar-refractivity contribution in [3.05, 3.63) is 28.0 Å². The van der Waals surface area contributed by atoms with Crippen molar-refractivity contribution in [2.24, 2.45) is 0 Å². The van der Waals surface area contributed by atoms with Crippen molar-refractivity contribution in [3.63, 3.8) is 0 Å². The number of halogens is 8. The Kier molecular flexibility index (Phi) is 5.75. The predicted molar refractivity (Wildman–Crippen MR) is 69.6 cm³/mol. The summed E-state index contributed by atoms with van der Waals surface area (Å²) >= 11 is 2.42. The highest BCUT2D eigenvalue weighted by Crippen LogP contribution is 2.39. The summed E-state index contributed by atoms with van der Waals surface area (Å²) in [7, 11) is -5.15. The van der Waals surface area contributed by atoms with Gasteiger partial charge in [0.2, 0.25) is 10.0 Å². The second kappa shape index (κ2) is 6.55. The van der Waals surface area contributed by atoms with Crippen molar-refractivity contribution < 1.29 is 39.2 Å². The fraction of sp³-hybridized carbons (Fsp3) is 0.455. The fourth-order valence-corrected chi connectivity index (χ4v) is 3.55. The third-order valence-corrected chi connectivity index (χ3v) is 4.88. The van der Waals surface area contributed by atoms with Crippen LogP contribution < -0.4 is 4.72 Å². The maximum Gasteiger partial charge on any atom is 0.420 e. The molecule has 0 saturated carbocycles. The van der Waals surface area contributed by atoms with E-state index in [1.165, 1.54) is 0 Å². The summed E-state index contributed by atoms with van der Waals surface area (Å²) in [5.74, 6) is -2.18. The molecule has 23 heavy (non-hydrogen) atoms. The number of alkyl halides is 6. The molecule has 132 valence electrons. The highest BCUT2D eigenvalue weighted by atomic mass is 79.9. The summed E-state index contributed by atoms with van der Waals surface area (Å²) < 4.78 is 114. The number of hydrogen-bond acceptors (Lipinski definition) is 2. The molecular formula is C11H9BrF7NO2S. The smallest absolute Gasteiger partial charge is 0.207 e. The van der Waals surface area contributed by atoms with Gasteiger partial charge in [0.05, 0.1) is 0 Å². The van der Waals surface area contributed by atoms with Gasteiger partial charge < -0.3 is 0 Å². The second-order valence-electron chi connectivity index (χ2n) is 4.36. The van der Waals surface area contributed by atoms with Gasteiger partial charge in [-0.25, -0.2) is 12.8 Å². The molecule has 12 heteroatoms. The van der Waals surface area contributed by atoms with Gasteiger partial charge in [0, 0.05) is 4.47 Å². The van der Waals surface area contributed by atoms with Crippen LogP contribution in [0.3, 0.4) is 0 Å². The molecule has 0 saturated heterocycles. The topological polar surface area (TPSA) is 46.2 Å². The second-order valence-corrected chi connectivity index (χ2v) is 6.89. The molecular weight excluding hydrogens is 423 g/mol. The Morgan fingerprint density at radius 1 is 1.17 bits per heavy atom. The summed E-state index contributed by atoms with van der Waals surface area (Å²) in [6, 6.07) is -1.51. The SMILES string of the molecule is CCC(NS(=O)(=O)c1ccc(Br)c(C(F)(F)F)c1F)C(F)(F)F. The molecule has 1 atom stereocenters. The Morgan fingerprint density at radius 3 is 2.09 bits per heavy atom. The minimum absolute atomic E-state index is 0.445. The Bertz CT molecular complexity index is 685. The maximum absolute atomic E-state index is 13.9. The van der Waals surface area contributed by atoms with Gasteiger partial charge in [-0.3, -0.25) is 0 Å². The standard InChI is InChI=1S/C11H9BrF7NO2S/c1-2-7(10(14,15)16)20-23(21,22)6-4-3-5(12)8(9(6)13)11(17,18)19/h3-4,7,20H,2H2,1H3. The van der Waals surface area contributed by atoms with Crippen LogP contribution in [0.15, 0.2) is 21.5 Å². The van der Waals surface area contributed by atoms with Gasteiger partial charge in [-0.1, -0.05) is 22.9 Å². The van der Waals surface area contributed by atoms with Crippen LogP contribution in [-0.2, 0) is 16.2 Å². The first-order chi connectivity index (χ1) is 10.2. The van der Waals surface area contributed by atoms with Crippen LogP contribution in [0.1, 0.15) is 18.9 Å². The lowest BCUT2D eigenvalue weighted by Crippen LogP contribution is -2.45. The van der Waals surface area contributed by atoms with Gasteiger partial charge in [-0.05, 0) is 18.6 Å². The number of benzene rings is 1. The van der Waals surface area contributed by atoms with Crippen LogP contribution in [0.2, 0.25) is 0 Å². The van der Waals surface area contributed by atoms with E-state index in [1.54, 1.807) is 0 Å². The Morgan fingerprint density at radius 2 is 1.70 bits per heavy atom. The molecule has 0 spiro atoms. The molecule has 1 unspecified atom stereocenters. The predicted octanol–water partition coefficient (Wildman–Crippen LogP) is 4.23. The first-order valence-electron chi connectivity index (χ1n) is 5.86. The number of nitrogens with one attached hydrogen (secondary N) is 1. The average Bonchev–Trinajstić information content (AvgIpc) is 2.32. The minimum Gasteiger partial charge on any atom is -0.207 e. The zero-order valence-electron chi connectivity index (χ0n) is 11.2. The molecule has 3 nitrogen and oxygen atoms in total. The molecule has 1 rings (SSSR count). The molecule has 0 amide bonds. The largest absolute Gasteiger partial charge is 0.420 e. The number of rotatable bonds is 4.